The maximum absolute atomic E-state index is 13.6. The topological polar surface area (TPSA) is 32.3 Å². The summed E-state index contributed by atoms with van der Waals surface area (Å²) in [6.45, 7) is 4.68. The molecule has 23 heavy (non-hydrogen) atoms. The van der Waals surface area contributed by atoms with Gasteiger partial charge in [-0.05, 0) is 31.5 Å². The average Bonchev–Trinajstić information content (AvgIpc) is 2.51. The quantitative estimate of drug-likeness (QED) is 0.878. The molecule has 0 saturated carbocycles. The van der Waals surface area contributed by atoms with Gasteiger partial charge < -0.3 is 5.32 Å². The molecular weight excluding hydrogens is 298 g/mol. The number of halogens is 2. The Bertz CT molecular complexity index is 659. The maximum atomic E-state index is 13.6. The molecule has 0 aliphatic rings. The highest BCUT2D eigenvalue weighted by Crippen LogP contribution is 2.15. The first-order valence-electron chi connectivity index (χ1n) is 7.48. The number of benzene rings is 2. The summed E-state index contributed by atoms with van der Waals surface area (Å²) in [7, 11) is 0. The van der Waals surface area contributed by atoms with Gasteiger partial charge >= 0.3 is 0 Å². The van der Waals surface area contributed by atoms with Crippen molar-refractivity contribution in [1.82, 2.24) is 4.90 Å². The Labute approximate surface area is 134 Å². The Morgan fingerprint density at radius 2 is 1.83 bits per heavy atom. The van der Waals surface area contributed by atoms with Gasteiger partial charge in [0, 0.05) is 18.7 Å². The highest BCUT2D eigenvalue weighted by atomic mass is 19.1. The molecule has 0 unspecified atom stereocenters. The van der Waals surface area contributed by atoms with Crippen molar-refractivity contribution in [3.63, 3.8) is 0 Å². The Morgan fingerprint density at radius 3 is 2.48 bits per heavy atom. The minimum Gasteiger partial charge on any atom is -0.322 e. The lowest BCUT2D eigenvalue weighted by atomic mass is 10.2. The molecule has 122 valence electrons. The van der Waals surface area contributed by atoms with Crippen molar-refractivity contribution in [2.75, 3.05) is 11.9 Å². The second-order valence-corrected chi connectivity index (χ2v) is 5.66. The Balaban J connectivity index is 2.02. The first kappa shape index (κ1) is 17.1. The molecule has 2 aromatic rings. The maximum Gasteiger partial charge on any atom is 0.238 e. The van der Waals surface area contributed by atoms with Gasteiger partial charge in [0.1, 0.15) is 11.6 Å². The van der Waals surface area contributed by atoms with Crippen LogP contribution in [0.25, 0.3) is 0 Å². The molecular formula is C18H20F2N2O. The minimum absolute atomic E-state index is 0.0997. The van der Waals surface area contributed by atoms with Crippen LogP contribution in [-0.4, -0.2) is 23.4 Å². The van der Waals surface area contributed by atoms with Gasteiger partial charge in [0.2, 0.25) is 5.91 Å². The summed E-state index contributed by atoms with van der Waals surface area (Å²) in [5.41, 5.74) is 0.948. The fourth-order valence-electron chi connectivity index (χ4n) is 2.21. The van der Waals surface area contributed by atoms with Crippen LogP contribution in [0.1, 0.15) is 19.4 Å². The molecule has 0 aromatic heterocycles. The number of hydrogen-bond acceptors (Lipinski definition) is 2. The molecule has 5 heteroatoms. The van der Waals surface area contributed by atoms with Crippen LogP contribution < -0.4 is 5.32 Å². The largest absolute Gasteiger partial charge is 0.322 e. The van der Waals surface area contributed by atoms with Crippen molar-refractivity contribution in [3.8, 4) is 0 Å². The van der Waals surface area contributed by atoms with Crippen LogP contribution in [0.2, 0.25) is 0 Å². The van der Waals surface area contributed by atoms with Gasteiger partial charge in [-0.2, -0.15) is 0 Å². The van der Waals surface area contributed by atoms with E-state index in [9.17, 15) is 13.6 Å². The van der Waals surface area contributed by atoms with E-state index in [2.05, 4.69) is 5.32 Å². The first-order valence-corrected chi connectivity index (χ1v) is 7.48. The highest BCUT2D eigenvalue weighted by molar-refractivity contribution is 5.92. The Hall–Kier alpha value is -2.27. The zero-order valence-electron chi connectivity index (χ0n) is 13.2. The van der Waals surface area contributed by atoms with Gasteiger partial charge in [-0.1, -0.05) is 30.3 Å². The third-order valence-corrected chi connectivity index (χ3v) is 3.51. The number of amides is 1. The van der Waals surface area contributed by atoms with Gasteiger partial charge in [-0.15, -0.1) is 0 Å². The van der Waals surface area contributed by atoms with Crippen molar-refractivity contribution in [3.05, 3.63) is 65.7 Å². The molecule has 0 atom stereocenters. The molecule has 0 saturated heterocycles. The van der Waals surface area contributed by atoms with E-state index >= 15 is 0 Å². The molecule has 0 fully saturated rings. The molecule has 0 aliphatic carbocycles. The Kier molecular flexibility index (Phi) is 5.82. The van der Waals surface area contributed by atoms with Crippen LogP contribution in [-0.2, 0) is 11.3 Å². The summed E-state index contributed by atoms with van der Waals surface area (Å²) in [4.78, 5) is 14.1. The second kappa shape index (κ2) is 7.83. The predicted molar refractivity (Wildman–Crippen MR) is 87.0 cm³/mol. The number of nitrogens with one attached hydrogen (secondary N) is 1. The van der Waals surface area contributed by atoms with Crippen LogP contribution in [0.5, 0.6) is 0 Å². The number of carbonyl (C=O) groups is 1. The SMILES string of the molecule is CC(C)N(CC(=O)Nc1cc(F)ccc1F)Cc1ccccc1. The van der Waals surface area contributed by atoms with Crippen LogP contribution in [0.3, 0.4) is 0 Å². The molecule has 0 aliphatic heterocycles. The van der Waals surface area contributed by atoms with E-state index in [4.69, 9.17) is 0 Å². The van der Waals surface area contributed by atoms with E-state index in [0.29, 0.717) is 6.54 Å². The number of nitrogens with zero attached hydrogens (tertiary/aromatic N) is 1. The van der Waals surface area contributed by atoms with Crippen molar-refractivity contribution in [1.29, 1.82) is 0 Å². The molecule has 1 N–H and O–H groups in total. The number of rotatable bonds is 6. The third kappa shape index (κ3) is 5.14. The van der Waals surface area contributed by atoms with E-state index in [0.717, 1.165) is 23.8 Å². The zero-order chi connectivity index (χ0) is 16.8. The van der Waals surface area contributed by atoms with Crippen molar-refractivity contribution in [2.24, 2.45) is 0 Å². The normalized spacial score (nSPS) is 11.0. The number of anilines is 1. The van der Waals surface area contributed by atoms with Gasteiger partial charge in [-0.3, -0.25) is 9.69 Å². The fourth-order valence-corrected chi connectivity index (χ4v) is 2.21. The summed E-state index contributed by atoms with van der Waals surface area (Å²) in [5, 5.41) is 2.43. The summed E-state index contributed by atoms with van der Waals surface area (Å²) in [6, 6.07) is 12.9. The van der Waals surface area contributed by atoms with Crippen molar-refractivity contribution >= 4 is 11.6 Å². The molecule has 0 bridgehead atoms. The van der Waals surface area contributed by atoms with Gasteiger partial charge in [0.25, 0.3) is 0 Å². The number of carbonyl (C=O) groups excluding carboxylic acids is 1. The van der Waals surface area contributed by atoms with Gasteiger partial charge in [0.15, 0.2) is 0 Å². The van der Waals surface area contributed by atoms with Crippen LogP contribution in [0.4, 0.5) is 14.5 Å². The molecule has 1 amide bonds. The lowest BCUT2D eigenvalue weighted by molar-refractivity contribution is -0.117. The standard InChI is InChI=1S/C18H20F2N2O/c1-13(2)22(11-14-6-4-3-5-7-14)12-18(23)21-17-10-15(19)8-9-16(17)20/h3-10,13H,11-12H2,1-2H3,(H,21,23). The fraction of sp³-hybridized carbons (Fsp3) is 0.278. The highest BCUT2D eigenvalue weighted by Gasteiger charge is 2.16. The van der Waals surface area contributed by atoms with E-state index in [-0.39, 0.29) is 24.2 Å². The predicted octanol–water partition coefficient (Wildman–Crippen LogP) is 3.81. The van der Waals surface area contributed by atoms with Crippen LogP contribution in [0.15, 0.2) is 48.5 Å². The summed E-state index contributed by atoms with van der Waals surface area (Å²) in [6.07, 6.45) is 0. The molecule has 3 nitrogen and oxygen atoms in total. The van der Waals surface area contributed by atoms with E-state index < -0.39 is 11.6 Å². The van der Waals surface area contributed by atoms with Gasteiger partial charge in [-0.25, -0.2) is 8.78 Å². The smallest absolute Gasteiger partial charge is 0.238 e. The average molecular weight is 318 g/mol. The minimum atomic E-state index is -0.654. The van der Waals surface area contributed by atoms with E-state index in [1.807, 2.05) is 49.1 Å². The molecule has 0 radical (unpaired) electrons. The van der Waals surface area contributed by atoms with E-state index in [1.54, 1.807) is 0 Å². The van der Waals surface area contributed by atoms with Crippen molar-refractivity contribution < 1.29 is 13.6 Å². The zero-order valence-corrected chi connectivity index (χ0v) is 13.2. The second-order valence-electron chi connectivity index (χ2n) is 5.66. The number of hydrogen-bond donors (Lipinski definition) is 1. The first-order chi connectivity index (χ1) is 11.0. The molecule has 2 rings (SSSR count). The monoisotopic (exact) mass is 318 g/mol. The van der Waals surface area contributed by atoms with E-state index in [1.165, 1.54) is 0 Å². The summed E-state index contributed by atoms with van der Waals surface area (Å²) >= 11 is 0. The summed E-state index contributed by atoms with van der Waals surface area (Å²) in [5.74, 6) is -1.62. The van der Waals surface area contributed by atoms with Crippen molar-refractivity contribution in [2.45, 2.75) is 26.4 Å². The lowest BCUT2D eigenvalue weighted by Crippen LogP contribution is -2.37. The van der Waals surface area contributed by atoms with Crippen LogP contribution >= 0.6 is 0 Å². The Morgan fingerprint density at radius 1 is 1.13 bits per heavy atom. The van der Waals surface area contributed by atoms with Gasteiger partial charge in [0.05, 0.1) is 12.2 Å². The molecule has 2 aromatic carbocycles. The lowest BCUT2D eigenvalue weighted by Gasteiger charge is -2.26. The van der Waals surface area contributed by atoms with Crippen LogP contribution in [0, 0.1) is 11.6 Å². The third-order valence-electron chi connectivity index (χ3n) is 3.51. The molecule has 0 heterocycles. The molecule has 0 spiro atoms. The summed E-state index contributed by atoms with van der Waals surface area (Å²) < 4.78 is 26.7.